The van der Waals surface area contributed by atoms with Crippen LogP contribution < -0.4 is 5.32 Å². The van der Waals surface area contributed by atoms with Crippen molar-refractivity contribution in [2.45, 2.75) is 0 Å². The van der Waals surface area contributed by atoms with Gasteiger partial charge >= 0.3 is 0 Å². The van der Waals surface area contributed by atoms with Crippen molar-refractivity contribution in [3.05, 3.63) is 64.1 Å². The van der Waals surface area contributed by atoms with Gasteiger partial charge in [-0.3, -0.25) is 4.79 Å². The number of hydrogen-bond donors (Lipinski definition) is 1. The van der Waals surface area contributed by atoms with Gasteiger partial charge in [0.1, 0.15) is 0 Å². The molecule has 1 amide bonds. The van der Waals surface area contributed by atoms with Crippen molar-refractivity contribution in [3.63, 3.8) is 0 Å². The zero-order chi connectivity index (χ0) is 14.7. The van der Waals surface area contributed by atoms with Crippen LogP contribution in [-0.2, 0) is 4.79 Å². The second kappa shape index (κ2) is 6.20. The van der Waals surface area contributed by atoms with Crippen LogP contribution in [0.1, 0.15) is 5.56 Å². The van der Waals surface area contributed by atoms with Gasteiger partial charge in [-0.15, -0.1) is 11.3 Å². The predicted octanol–water partition coefficient (Wildman–Crippen LogP) is 4.71. The minimum Gasteiger partial charge on any atom is -0.322 e. The number of halogens is 1. The molecule has 0 unspecified atom stereocenters. The molecule has 21 heavy (non-hydrogen) atoms. The summed E-state index contributed by atoms with van der Waals surface area (Å²) in [5.74, 6) is -0.151. The lowest BCUT2D eigenvalue weighted by Crippen LogP contribution is -2.07. The largest absolute Gasteiger partial charge is 0.322 e. The van der Waals surface area contributed by atoms with Gasteiger partial charge < -0.3 is 5.32 Å². The van der Waals surface area contributed by atoms with Crippen molar-refractivity contribution in [2.24, 2.45) is 0 Å². The molecule has 0 spiro atoms. The molecule has 0 aliphatic rings. The van der Waals surface area contributed by atoms with E-state index in [9.17, 15) is 4.79 Å². The molecule has 3 aromatic rings. The number of rotatable bonds is 3. The molecule has 0 radical (unpaired) electrons. The molecule has 0 atom stereocenters. The summed E-state index contributed by atoms with van der Waals surface area (Å²) in [6.45, 7) is 0. The summed E-state index contributed by atoms with van der Waals surface area (Å²) in [4.78, 5) is 16.1. The second-order valence-electron chi connectivity index (χ2n) is 4.41. The first-order chi connectivity index (χ1) is 10.2. The second-order valence-corrected chi connectivity index (χ2v) is 6.21. The molecule has 1 aromatic heterocycles. The molecule has 0 fully saturated rings. The molecule has 0 aliphatic heterocycles. The van der Waals surface area contributed by atoms with E-state index in [1.165, 1.54) is 6.08 Å². The van der Waals surface area contributed by atoms with E-state index in [4.69, 9.17) is 0 Å². The average molecular weight is 359 g/mol. The molecule has 0 bridgehead atoms. The molecule has 3 nitrogen and oxygen atoms in total. The topological polar surface area (TPSA) is 42.0 Å². The molecule has 1 N–H and O–H groups in total. The van der Waals surface area contributed by atoms with Crippen LogP contribution in [0.4, 0.5) is 5.69 Å². The quantitative estimate of drug-likeness (QED) is 0.688. The molecular formula is C16H11BrN2OS. The number of carbonyl (C=O) groups is 1. The maximum atomic E-state index is 11.9. The van der Waals surface area contributed by atoms with Crippen molar-refractivity contribution < 1.29 is 4.79 Å². The third kappa shape index (κ3) is 3.56. The lowest BCUT2D eigenvalue weighted by molar-refractivity contribution is -0.111. The Bertz CT molecular complexity index is 809. The number of nitrogens with zero attached hydrogens (tertiary/aromatic N) is 1. The maximum absolute atomic E-state index is 11.9. The van der Waals surface area contributed by atoms with Gasteiger partial charge in [-0.25, -0.2) is 4.98 Å². The normalized spacial score (nSPS) is 11.1. The summed E-state index contributed by atoms with van der Waals surface area (Å²) in [6, 6.07) is 13.4. The first kappa shape index (κ1) is 14.0. The van der Waals surface area contributed by atoms with Gasteiger partial charge in [0.05, 0.1) is 15.7 Å². The summed E-state index contributed by atoms with van der Waals surface area (Å²) < 4.78 is 2.08. The minimum absolute atomic E-state index is 0.151. The van der Waals surface area contributed by atoms with Gasteiger partial charge in [0.2, 0.25) is 5.91 Å². The van der Waals surface area contributed by atoms with Gasteiger partial charge in [-0.2, -0.15) is 0 Å². The van der Waals surface area contributed by atoms with Crippen molar-refractivity contribution >= 4 is 55.2 Å². The van der Waals surface area contributed by atoms with Crippen LogP contribution in [0.3, 0.4) is 0 Å². The molecule has 0 saturated heterocycles. The third-order valence-corrected chi connectivity index (χ3v) is 4.22. The first-order valence-electron chi connectivity index (χ1n) is 6.28. The first-order valence-corrected chi connectivity index (χ1v) is 7.96. The van der Waals surface area contributed by atoms with E-state index in [0.29, 0.717) is 0 Å². The van der Waals surface area contributed by atoms with Gasteiger partial charge in [0.25, 0.3) is 0 Å². The fourth-order valence-corrected chi connectivity index (χ4v) is 2.84. The Balaban J connectivity index is 1.69. The monoisotopic (exact) mass is 358 g/mol. The number of fused-ring (bicyclic) bond motifs is 1. The van der Waals surface area contributed by atoms with Gasteiger partial charge in [0, 0.05) is 16.2 Å². The van der Waals surface area contributed by atoms with Crippen molar-refractivity contribution in [3.8, 4) is 0 Å². The highest BCUT2D eigenvalue weighted by Crippen LogP contribution is 2.21. The van der Waals surface area contributed by atoms with Crippen LogP contribution in [0.25, 0.3) is 16.3 Å². The third-order valence-electron chi connectivity index (χ3n) is 2.90. The highest BCUT2D eigenvalue weighted by molar-refractivity contribution is 9.10. The summed E-state index contributed by atoms with van der Waals surface area (Å²) in [5, 5.41) is 2.85. The van der Waals surface area contributed by atoms with Crippen LogP contribution >= 0.6 is 27.3 Å². The number of carbonyl (C=O) groups excluding carboxylic acids is 1. The summed E-state index contributed by atoms with van der Waals surface area (Å²) in [5.41, 5.74) is 4.50. The van der Waals surface area contributed by atoms with Crippen LogP contribution in [0.15, 0.2) is 58.5 Å². The van der Waals surface area contributed by atoms with Crippen LogP contribution in [0, 0.1) is 0 Å². The Labute approximate surface area is 134 Å². The number of anilines is 1. The fourth-order valence-electron chi connectivity index (χ4n) is 1.86. The Morgan fingerprint density at radius 2 is 2.00 bits per heavy atom. The fraction of sp³-hybridized carbons (Fsp3) is 0. The Hall–Kier alpha value is -1.98. The van der Waals surface area contributed by atoms with E-state index in [-0.39, 0.29) is 5.91 Å². The zero-order valence-corrected chi connectivity index (χ0v) is 13.3. The van der Waals surface area contributed by atoms with Crippen molar-refractivity contribution in [2.75, 3.05) is 5.32 Å². The lowest BCUT2D eigenvalue weighted by Gasteiger charge is -2.01. The van der Waals surface area contributed by atoms with E-state index < -0.39 is 0 Å². The maximum Gasteiger partial charge on any atom is 0.248 e. The molecule has 104 valence electrons. The average Bonchev–Trinajstić information content (AvgIpc) is 2.94. The number of aromatic nitrogens is 1. The molecule has 5 heteroatoms. The SMILES string of the molecule is O=C(C=Cc1ccc(Br)cc1)Nc1ccc2ncsc2c1. The minimum atomic E-state index is -0.151. The number of nitrogens with one attached hydrogen (secondary N) is 1. The lowest BCUT2D eigenvalue weighted by atomic mass is 10.2. The Morgan fingerprint density at radius 1 is 1.19 bits per heavy atom. The summed E-state index contributed by atoms with van der Waals surface area (Å²) in [6.07, 6.45) is 3.31. The van der Waals surface area contributed by atoms with E-state index >= 15 is 0 Å². The molecule has 2 aromatic carbocycles. The van der Waals surface area contributed by atoms with Crippen LogP contribution in [-0.4, -0.2) is 10.9 Å². The summed E-state index contributed by atoms with van der Waals surface area (Å²) >= 11 is 4.93. The Kier molecular flexibility index (Phi) is 4.13. The molecule has 0 aliphatic carbocycles. The van der Waals surface area contributed by atoms with Gasteiger partial charge in [0.15, 0.2) is 0 Å². The zero-order valence-electron chi connectivity index (χ0n) is 10.9. The highest BCUT2D eigenvalue weighted by atomic mass is 79.9. The van der Waals surface area contributed by atoms with Crippen molar-refractivity contribution in [1.29, 1.82) is 0 Å². The van der Waals surface area contributed by atoms with Gasteiger partial charge in [-0.1, -0.05) is 28.1 Å². The Morgan fingerprint density at radius 3 is 2.81 bits per heavy atom. The number of amides is 1. The van der Waals surface area contributed by atoms with E-state index in [2.05, 4.69) is 26.2 Å². The predicted molar refractivity (Wildman–Crippen MR) is 91.4 cm³/mol. The summed E-state index contributed by atoms with van der Waals surface area (Å²) in [7, 11) is 0. The van der Waals surface area contributed by atoms with E-state index in [1.54, 1.807) is 22.9 Å². The molecule has 3 rings (SSSR count). The highest BCUT2D eigenvalue weighted by Gasteiger charge is 2.01. The number of benzene rings is 2. The van der Waals surface area contributed by atoms with E-state index in [1.807, 2.05) is 42.5 Å². The number of hydrogen-bond acceptors (Lipinski definition) is 3. The van der Waals surface area contributed by atoms with Crippen LogP contribution in [0.5, 0.6) is 0 Å². The van der Waals surface area contributed by atoms with Gasteiger partial charge in [-0.05, 0) is 42.0 Å². The standard InChI is InChI=1S/C16H11BrN2OS/c17-12-4-1-11(2-5-12)3-8-16(20)19-13-6-7-14-15(9-13)21-10-18-14/h1-10H,(H,19,20). The molecule has 0 saturated carbocycles. The number of thiazole rings is 1. The van der Waals surface area contributed by atoms with Crippen LogP contribution in [0.2, 0.25) is 0 Å². The van der Waals surface area contributed by atoms with E-state index in [0.717, 1.165) is 25.9 Å². The smallest absolute Gasteiger partial charge is 0.248 e. The molecule has 1 heterocycles. The van der Waals surface area contributed by atoms with Crippen molar-refractivity contribution in [1.82, 2.24) is 4.98 Å². The molecular weight excluding hydrogens is 348 g/mol.